The first-order chi connectivity index (χ1) is 13.0. The second-order valence-corrected chi connectivity index (χ2v) is 6.88. The number of likely N-dealkylation sites (tertiary alicyclic amines) is 1. The minimum atomic E-state index is -0.655. The van der Waals surface area contributed by atoms with Crippen LogP contribution < -0.4 is 4.90 Å². The van der Waals surface area contributed by atoms with Crippen LogP contribution in [-0.2, 0) is 0 Å². The highest BCUT2D eigenvalue weighted by molar-refractivity contribution is 5.79. The Bertz CT molecular complexity index is 847. The SMILES string of the molecule is CN(c1ccccc1)C1CN(C(=O)N2N=CC[C@H]2c2cc(F)cc(F)c2)C1. The lowest BCUT2D eigenvalue weighted by molar-refractivity contribution is 0.105. The zero-order chi connectivity index (χ0) is 19.0. The van der Waals surface area contributed by atoms with Crippen LogP contribution in [0.2, 0.25) is 0 Å². The maximum Gasteiger partial charge on any atom is 0.341 e. The molecule has 2 heterocycles. The molecule has 27 heavy (non-hydrogen) atoms. The van der Waals surface area contributed by atoms with Gasteiger partial charge in [-0.2, -0.15) is 5.10 Å². The average Bonchev–Trinajstić information content (AvgIpc) is 3.10. The standard InChI is InChI=1S/C20H20F2N4O/c1-24(17-5-3-2-4-6-17)18-12-25(13-18)20(27)26-19(7-8-23-26)14-9-15(21)11-16(22)10-14/h2-6,8-11,18-19H,7,12-13H2,1H3/t19-/m0/s1. The molecule has 2 aromatic rings. The van der Waals surface area contributed by atoms with Crippen molar-refractivity contribution in [1.29, 1.82) is 0 Å². The first-order valence-corrected chi connectivity index (χ1v) is 8.87. The van der Waals surface area contributed by atoms with Crippen molar-refractivity contribution in [1.82, 2.24) is 9.91 Å². The van der Waals surface area contributed by atoms with E-state index in [1.807, 2.05) is 37.4 Å². The first-order valence-electron chi connectivity index (χ1n) is 8.87. The van der Waals surface area contributed by atoms with Crippen LogP contribution in [0.3, 0.4) is 0 Å². The normalized spacial score (nSPS) is 19.3. The van der Waals surface area contributed by atoms with Crippen molar-refractivity contribution in [3.63, 3.8) is 0 Å². The van der Waals surface area contributed by atoms with Crippen LogP contribution in [0.5, 0.6) is 0 Å². The maximum atomic E-state index is 13.5. The Kier molecular flexibility index (Phi) is 4.51. The zero-order valence-electron chi connectivity index (χ0n) is 14.9. The summed E-state index contributed by atoms with van der Waals surface area (Å²) in [4.78, 5) is 16.7. The molecule has 7 heteroatoms. The molecule has 2 amide bonds. The molecule has 0 spiro atoms. The van der Waals surface area contributed by atoms with E-state index in [1.165, 1.54) is 17.1 Å². The van der Waals surface area contributed by atoms with E-state index >= 15 is 0 Å². The van der Waals surface area contributed by atoms with E-state index in [0.717, 1.165) is 11.8 Å². The topological polar surface area (TPSA) is 39.1 Å². The molecule has 0 aliphatic carbocycles. The van der Waals surface area contributed by atoms with Crippen molar-refractivity contribution in [2.75, 3.05) is 25.0 Å². The molecule has 0 bridgehead atoms. The van der Waals surface area contributed by atoms with Gasteiger partial charge in [-0.15, -0.1) is 0 Å². The lowest BCUT2D eigenvalue weighted by Gasteiger charge is -2.46. The van der Waals surface area contributed by atoms with E-state index in [2.05, 4.69) is 10.0 Å². The second-order valence-electron chi connectivity index (χ2n) is 6.88. The average molecular weight is 370 g/mol. The van der Waals surface area contributed by atoms with Crippen LogP contribution >= 0.6 is 0 Å². The summed E-state index contributed by atoms with van der Waals surface area (Å²) in [5.74, 6) is -1.31. The minimum Gasteiger partial charge on any atom is -0.368 e. The lowest BCUT2D eigenvalue weighted by Crippen LogP contribution is -2.62. The molecule has 2 aromatic carbocycles. The third kappa shape index (κ3) is 3.37. The summed E-state index contributed by atoms with van der Waals surface area (Å²) in [6.07, 6.45) is 2.05. The number of hydrazone groups is 1. The molecule has 2 aliphatic rings. The molecule has 0 aromatic heterocycles. The van der Waals surface area contributed by atoms with Gasteiger partial charge in [0.2, 0.25) is 0 Å². The molecule has 5 nitrogen and oxygen atoms in total. The van der Waals surface area contributed by atoms with E-state index in [4.69, 9.17) is 0 Å². The fraction of sp³-hybridized carbons (Fsp3) is 0.300. The van der Waals surface area contributed by atoms with Gasteiger partial charge in [-0.1, -0.05) is 18.2 Å². The van der Waals surface area contributed by atoms with Gasteiger partial charge in [-0.05, 0) is 29.8 Å². The van der Waals surface area contributed by atoms with Crippen LogP contribution in [0.4, 0.5) is 19.3 Å². The van der Waals surface area contributed by atoms with E-state index < -0.39 is 17.7 Å². The number of rotatable bonds is 3. The summed E-state index contributed by atoms with van der Waals surface area (Å²) in [6, 6.07) is 12.8. The van der Waals surface area contributed by atoms with Crippen LogP contribution in [0.1, 0.15) is 18.0 Å². The van der Waals surface area contributed by atoms with Crippen molar-refractivity contribution in [2.24, 2.45) is 5.10 Å². The van der Waals surface area contributed by atoms with E-state index in [1.54, 1.807) is 11.1 Å². The van der Waals surface area contributed by atoms with Crippen LogP contribution in [0.15, 0.2) is 53.6 Å². The predicted molar refractivity (Wildman–Crippen MR) is 99.6 cm³/mol. The summed E-state index contributed by atoms with van der Waals surface area (Å²) < 4.78 is 27.1. The van der Waals surface area contributed by atoms with Gasteiger partial charge in [0.15, 0.2) is 0 Å². The first kappa shape index (κ1) is 17.5. The van der Waals surface area contributed by atoms with Gasteiger partial charge in [-0.25, -0.2) is 18.6 Å². The summed E-state index contributed by atoms with van der Waals surface area (Å²) in [7, 11) is 2.01. The Morgan fingerprint density at radius 2 is 1.78 bits per heavy atom. The molecular weight excluding hydrogens is 350 g/mol. The molecular formula is C20H20F2N4O. The van der Waals surface area contributed by atoms with Crippen molar-refractivity contribution in [3.8, 4) is 0 Å². The third-order valence-corrected chi connectivity index (χ3v) is 5.14. The number of hydrogen-bond donors (Lipinski definition) is 0. The van der Waals surface area contributed by atoms with Crippen molar-refractivity contribution in [3.05, 3.63) is 65.7 Å². The molecule has 4 rings (SSSR count). The molecule has 0 unspecified atom stereocenters. The number of para-hydroxylation sites is 1. The fourth-order valence-corrected chi connectivity index (χ4v) is 3.52. The van der Waals surface area contributed by atoms with Gasteiger partial charge in [0, 0.05) is 44.5 Å². The number of carbonyl (C=O) groups excluding carboxylic acids is 1. The monoisotopic (exact) mass is 370 g/mol. The molecule has 0 N–H and O–H groups in total. The molecule has 1 atom stereocenters. The van der Waals surface area contributed by atoms with Gasteiger partial charge in [0.05, 0.1) is 12.1 Å². The summed E-state index contributed by atoms with van der Waals surface area (Å²) in [5.41, 5.74) is 1.51. The largest absolute Gasteiger partial charge is 0.368 e. The maximum absolute atomic E-state index is 13.5. The highest BCUT2D eigenvalue weighted by Crippen LogP contribution is 2.32. The Labute approximate surface area is 156 Å². The van der Waals surface area contributed by atoms with Gasteiger partial charge >= 0.3 is 6.03 Å². The molecule has 0 radical (unpaired) electrons. The Morgan fingerprint density at radius 1 is 1.11 bits per heavy atom. The van der Waals surface area contributed by atoms with Gasteiger partial charge in [-0.3, -0.25) is 0 Å². The zero-order valence-corrected chi connectivity index (χ0v) is 14.9. The highest BCUT2D eigenvalue weighted by atomic mass is 19.1. The van der Waals surface area contributed by atoms with Gasteiger partial charge < -0.3 is 9.80 Å². The van der Waals surface area contributed by atoms with E-state index in [9.17, 15) is 13.6 Å². The quantitative estimate of drug-likeness (QED) is 0.828. The van der Waals surface area contributed by atoms with Crippen LogP contribution in [0, 0.1) is 11.6 Å². The molecule has 0 saturated carbocycles. The number of anilines is 1. The van der Waals surface area contributed by atoms with Crippen molar-refractivity contribution in [2.45, 2.75) is 18.5 Å². The smallest absolute Gasteiger partial charge is 0.341 e. The van der Waals surface area contributed by atoms with Crippen LogP contribution in [0.25, 0.3) is 0 Å². The minimum absolute atomic E-state index is 0.230. The number of halogens is 2. The predicted octanol–water partition coefficient (Wildman–Crippen LogP) is 3.64. The number of urea groups is 1. The van der Waals surface area contributed by atoms with Crippen molar-refractivity contribution >= 4 is 17.9 Å². The van der Waals surface area contributed by atoms with Gasteiger partial charge in [0.25, 0.3) is 0 Å². The van der Waals surface area contributed by atoms with Gasteiger partial charge in [0.1, 0.15) is 11.6 Å². The molecule has 140 valence electrons. The second kappa shape index (κ2) is 6.98. The summed E-state index contributed by atoms with van der Waals surface area (Å²) in [5, 5.41) is 5.47. The Balaban J connectivity index is 1.42. The number of benzene rings is 2. The number of amides is 2. The number of carbonyl (C=O) groups is 1. The third-order valence-electron chi connectivity index (χ3n) is 5.14. The van der Waals surface area contributed by atoms with E-state index in [0.29, 0.717) is 25.1 Å². The molecule has 1 saturated heterocycles. The van der Waals surface area contributed by atoms with E-state index in [-0.39, 0.29) is 12.1 Å². The highest BCUT2D eigenvalue weighted by Gasteiger charge is 2.39. The lowest BCUT2D eigenvalue weighted by atomic mass is 10.0. The fourth-order valence-electron chi connectivity index (χ4n) is 3.52. The number of likely N-dealkylation sites (N-methyl/N-ethyl adjacent to an activating group) is 1. The van der Waals surface area contributed by atoms with Crippen molar-refractivity contribution < 1.29 is 13.6 Å². The Hall–Kier alpha value is -2.96. The number of hydrogen-bond acceptors (Lipinski definition) is 3. The molecule has 1 fully saturated rings. The number of nitrogens with zero attached hydrogens (tertiary/aromatic N) is 4. The summed E-state index contributed by atoms with van der Waals surface area (Å²) in [6.45, 7) is 1.17. The molecule has 2 aliphatic heterocycles. The Morgan fingerprint density at radius 3 is 2.44 bits per heavy atom. The van der Waals surface area contributed by atoms with Crippen LogP contribution in [-0.4, -0.2) is 48.3 Å². The summed E-state index contributed by atoms with van der Waals surface area (Å²) >= 11 is 0.